The van der Waals surface area contributed by atoms with Crippen LogP contribution in [0.15, 0.2) is 46.2 Å². The van der Waals surface area contributed by atoms with Gasteiger partial charge in [-0.1, -0.05) is 29.8 Å². The Kier molecular flexibility index (Phi) is 5.19. The summed E-state index contributed by atoms with van der Waals surface area (Å²) in [4.78, 5) is 27.9. The number of halogens is 1. The summed E-state index contributed by atoms with van der Waals surface area (Å²) in [5.41, 5.74) is 1.67. The Hall–Kier alpha value is -2.64. The van der Waals surface area contributed by atoms with Gasteiger partial charge in [0.05, 0.1) is 6.54 Å². The van der Waals surface area contributed by atoms with Crippen molar-refractivity contribution in [2.24, 2.45) is 5.92 Å². The maximum atomic E-state index is 12.5. The first-order chi connectivity index (χ1) is 13.5. The van der Waals surface area contributed by atoms with Crippen molar-refractivity contribution in [3.05, 3.63) is 58.1 Å². The molecule has 0 spiro atoms. The van der Waals surface area contributed by atoms with Crippen molar-refractivity contribution < 1.29 is 14.0 Å². The van der Waals surface area contributed by atoms with Crippen LogP contribution in [0.1, 0.15) is 30.6 Å². The van der Waals surface area contributed by atoms with Crippen LogP contribution in [0, 0.1) is 5.92 Å². The zero-order valence-electron chi connectivity index (χ0n) is 15.1. The van der Waals surface area contributed by atoms with Crippen LogP contribution in [0.25, 0.3) is 11.5 Å². The molecule has 3 aromatic rings. The van der Waals surface area contributed by atoms with Crippen molar-refractivity contribution in [2.45, 2.75) is 25.8 Å². The zero-order valence-corrected chi connectivity index (χ0v) is 16.6. The molecular formula is C20H18ClN3O3S. The van der Waals surface area contributed by atoms with Crippen LogP contribution >= 0.6 is 22.9 Å². The van der Waals surface area contributed by atoms with Crippen LogP contribution in [0.3, 0.4) is 0 Å². The second-order valence-electron chi connectivity index (χ2n) is 6.67. The number of furan rings is 1. The predicted molar refractivity (Wildman–Crippen MR) is 108 cm³/mol. The van der Waals surface area contributed by atoms with E-state index < -0.39 is 0 Å². The Morgan fingerprint density at radius 1 is 1.29 bits per heavy atom. The van der Waals surface area contributed by atoms with E-state index in [1.54, 1.807) is 12.1 Å². The molecule has 28 heavy (non-hydrogen) atoms. The summed E-state index contributed by atoms with van der Waals surface area (Å²) in [6.45, 7) is 1.78. The Labute approximate surface area is 170 Å². The lowest BCUT2D eigenvalue weighted by molar-refractivity contribution is -0.119. The number of benzene rings is 1. The molecule has 0 bridgehead atoms. The van der Waals surface area contributed by atoms with Crippen molar-refractivity contribution in [3.8, 4) is 11.5 Å². The number of rotatable bonds is 6. The quantitative estimate of drug-likeness (QED) is 0.623. The van der Waals surface area contributed by atoms with Crippen molar-refractivity contribution in [3.63, 3.8) is 0 Å². The second-order valence-corrected chi connectivity index (χ2v) is 7.94. The lowest BCUT2D eigenvalue weighted by Gasteiger charge is -2.03. The van der Waals surface area contributed by atoms with Crippen molar-refractivity contribution in [2.75, 3.05) is 5.32 Å². The number of nitrogens with one attached hydrogen (secondary N) is 2. The number of hydrogen-bond acceptors (Lipinski definition) is 5. The van der Waals surface area contributed by atoms with Gasteiger partial charge >= 0.3 is 0 Å². The zero-order chi connectivity index (χ0) is 19.7. The molecule has 2 heterocycles. The molecule has 8 heteroatoms. The van der Waals surface area contributed by atoms with E-state index in [0.29, 0.717) is 33.9 Å². The molecule has 1 fully saturated rings. The van der Waals surface area contributed by atoms with E-state index in [-0.39, 0.29) is 23.7 Å². The maximum absolute atomic E-state index is 12.5. The fourth-order valence-electron chi connectivity index (χ4n) is 3.07. The molecule has 1 aliphatic carbocycles. The minimum atomic E-state index is -0.119. The molecule has 144 valence electrons. The van der Waals surface area contributed by atoms with E-state index in [1.807, 2.05) is 29.6 Å². The lowest BCUT2D eigenvalue weighted by atomic mass is 10.1. The fourth-order valence-corrected chi connectivity index (χ4v) is 4.05. The van der Waals surface area contributed by atoms with Gasteiger partial charge < -0.3 is 15.1 Å². The molecule has 2 unspecified atom stereocenters. The second kappa shape index (κ2) is 7.77. The minimum Gasteiger partial charge on any atom is -0.458 e. The molecule has 2 aromatic heterocycles. The summed E-state index contributed by atoms with van der Waals surface area (Å²) < 4.78 is 5.69. The summed E-state index contributed by atoms with van der Waals surface area (Å²) in [5.74, 6) is 1.15. The van der Waals surface area contributed by atoms with Gasteiger partial charge in [-0.15, -0.1) is 11.3 Å². The molecule has 6 nitrogen and oxygen atoms in total. The Bertz CT molecular complexity index is 1030. The average Bonchev–Trinajstić information content (AvgIpc) is 3.09. The number of hydrogen-bond donors (Lipinski definition) is 2. The monoisotopic (exact) mass is 415 g/mol. The summed E-state index contributed by atoms with van der Waals surface area (Å²) in [6.07, 6.45) is 0.790. The van der Waals surface area contributed by atoms with E-state index in [4.69, 9.17) is 16.0 Å². The first-order valence-electron chi connectivity index (χ1n) is 8.85. The third-order valence-electron chi connectivity index (χ3n) is 4.59. The molecule has 0 aliphatic heterocycles. The number of aromatic nitrogens is 1. The lowest BCUT2D eigenvalue weighted by Crippen LogP contribution is -2.18. The van der Waals surface area contributed by atoms with Gasteiger partial charge in [0.1, 0.15) is 11.5 Å². The van der Waals surface area contributed by atoms with Gasteiger partial charge in [-0.2, -0.15) is 0 Å². The molecule has 1 aromatic carbocycles. The third kappa shape index (κ3) is 4.10. The molecule has 4 rings (SSSR count). The molecule has 2 amide bonds. The number of thiazole rings is 1. The first kappa shape index (κ1) is 18.7. The molecule has 2 N–H and O–H groups in total. The number of amides is 2. The van der Waals surface area contributed by atoms with Crippen LogP contribution in [0.2, 0.25) is 5.02 Å². The normalized spacial score (nSPS) is 17.9. The highest BCUT2D eigenvalue weighted by Crippen LogP contribution is 2.50. The SMILES string of the molecule is CC(=O)NCc1ccc(-c2csc(NC(=O)C3CC3c3ccccc3Cl)n2)o1. The summed E-state index contributed by atoms with van der Waals surface area (Å²) >= 11 is 7.57. The van der Waals surface area contributed by atoms with Crippen molar-refractivity contribution in [1.29, 1.82) is 0 Å². The summed E-state index contributed by atoms with van der Waals surface area (Å²) in [5, 5.41) is 8.63. The Morgan fingerprint density at radius 2 is 2.11 bits per heavy atom. The smallest absolute Gasteiger partial charge is 0.229 e. The van der Waals surface area contributed by atoms with Gasteiger partial charge in [0.15, 0.2) is 10.9 Å². The van der Waals surface area contributed by atoms with Gasteiger partial charge in [-0.05, 0) is 36.1 Å². The van der Waals surface area contributed by atoms with E-state index in [9.17, 15) is 9.59 Å². The highest BCUT2D eigenvalue weighted by atomic mass is 35.5. The van der Waals surface area contributed by atoms with E-state index >= 15 is 0 Å². The molecule has 1 aliphatic rings. The number of carbonyl (C=O) groups is 2. The molecule has 1 saturated carbocycles. The van der Waals surface area contributed by atoms with Gasteiger partial charge in [-0.3, -0.25) is 9.59 Å². The van der Waals surface area contributed by atoms with Crippen LogP contribution in [-0.2, 0) is 16.1 Å². The Balaban J connectivity index is 1.37. The highest BCUT2D eigenvalue weighted by molar-refractivity contribution is 7.14. The van der Waals surface area contributed by atoms with Crippen molar-refractivity contribution >= 4 is 39.9 Å². The summed E-state index contributed by atoms with van der Waals surface area (Å²) in [7, 11) is 0. The first-order valence-corrected chi connectivity index (χ1v) is 10.1. The number of anilines is 1. The van der Waals surface area contributed by atoms with Gasteiger partial charge in [0.2, 0.25) is 11.8 Å². The Morgan fingerprint density at radius 3 is 2.89 bits per heavy atom. The fraction of sp³-hybridized carbons (Fsp3) is 0.250. The largest absolute Gasteiger partial charge is 0.458 e. The van der Waals surface area contributed by atoms with Gasteiger partial charge in [-0.25, -0.2) is 4.98 Å². The van der Waals surface area contributed by atoms with Crippen LogP contribution in [-0.4, -0.2) is 16.8 Å². The average molecular weight is 416 g/mol. The predicted octanol–water partition coefficient (Wildman–Crippen LogP) is 4.43. The topological polar surface area (TPSA) is 84.2 Å². The maximum Gasteiger partial charge on any atom is 0.229 e. The number of carbonyl (C=O) groups excluding carboxylic acids is 2. The van der Waals surface area contributed by atoms with Crippen LogP contribution in [0.5, 0.6) is 0 Å². The van der Waals surface area contributed by atoms with E-state index in [0.717, 1.165) is 12.0 Å². The van der Waals surface area contributed by atoms with Crippen molar-refractivity contribution in [1.82, 2.24) is 10.3 Å². The molecular weight excluding hydrogens is 398 g/mol. The standard InChI is InChI=1S/C20H18ClN3O3S/c1-11(25)22-9-12-6-7-18(27-12)17-10-28-20(23-17)24-19(26)15-8-14(15)13-4-2-3-5-16(13)21/h2-7,10,14-15H,8-9H2,1H3,(H,22,25)(H,23,24,26). The molecule has 0 radical (unpaired) electrons. The highest BCUT2D eigenvalue weighted by Gasteiger charge is 2.45. The molecule has 2 atom stereocenters. The minimum absolute atomic E-state index is 0.0448. The van der Waals surface area contributed by atoms with Gasteiger partial charge in [0.25, 0.3) is 0 Å². The van der Waals surface area contributed by atoms with E-state index in [1.165, 1.54) is 18.3 Å². The summed E-state index contributed by atoms with van der Waals surface area (Å²) in [6, 6.07) is 11.2. The third-order valence-corrected chi connectivity index (χ3v) is 5.69. The van der Waals surface area contributed by atoms with Crippen LogP contribution in [0.4, 0.5) is 5.13 Å². The number of nitrogens with zero attached hydrogens (tertiary/aromatic N) is 1. The molecule has 0 saturated heterocycles. The van der Waals surface area contributed by atoms with Gasteiger partial charge in [0, 0.05) is 23.2 Å². The van der Waals surface area contributed by atoms with Crippen LogP contribution < -0.4 is 10.6 Å². The van der Waals surface area contributed by atoms with E-state index in [2.05, 4.69) is 15.6 Å².